The van der Waals surface area contributed by atoms with Crippen LogP contribution in [0.25, 0.3) is 0 Å². The lowest BCUT2D eigenvalue weighted by molar-refractivity contribution is 0.238. The van der Waals surface area contributed by atoms with E-state index in [2.05, 4.69) is 21.9 Å². The Bertz CT molecular complexity index is 621. The zero-order valence-electron chi connectivity index (χ0n) is 11.8. The molecule has 1 aromatic heterocycles. The first-order valence-corrected chi connectivity index (χ1v) is 8.01. The van der Waals surface area contributed by atoms with Crippen LogP contribution < -0.4 is 10.0 Å². The quantitative estimate of drug-likeness (QED) is 0.860. The van der Waals surface area contributed by atoms with Crippen LogP contribution in [0.3, 0.4) is 0 Å². The van der Waals surface area contributed by atoms with E-state index in [0.717, 1.165) is 25.9 Å². The first kappa shape index (κ1) is 17.9. The molecule has 116 valence electrons. The summed E-state index contributed by atoms with van der Waals surface area (Å²) in [5.41, 5.74) is -0.174. The first-order valence-electron chi connectivity index (χ1n) is 6.52. The number of sulfonamides is 1. The lowest BCUT2D eigenvalue weighted by Gasteiger charge is -2.34. The van der Waals surface area contributed by atoms with Crippen LogP contribution >= 0.6 is 12.4 Å². The van der Waals surface area contributed by atoms with Crippen molar-refractivity contribution in [1.29, 1.82) is 5.26 Å². The third kappa shape index (κ3) is 4.38. The Balaban J connectivity index is 0.00000220. The monoisotopic (exact) mass is 330 g/mol. The molecule has 1 aliphatic heterocycles. The fraction of sp³-hybridized carbons (Fsp3) is 0.538. The lowest BCUT2D eigenvalue weighted by atomic mass is 9.83. The molecule has 0 aliphatic carbocycles. The second-order valence-corrected chi connectivity index (χ2v) is 7.11. The van der Waals surface area contributed by atoms with Crippen LogP contribution in [0.4, 0.5) is 0 Å². The molecule has 21 heavy (non-hydrogen) atoms. The molecule has 1 saturated heterocycles. The van der Waals surface area contributed by atoms with E-state index in [0.29, 0.717) is 6.54 Å². The van der Waals surface area contributed by atoms with Crippen LogP contribution in [0.2, 0.25) is 0 Å². The summed E-state index contributed by atoms with van der Waals surface area (Å²) in [4.78, 5) is 3.72. The van der Waals surface area contributed by atoms with Gasteiger partial charge in [-0.2, -0.15) is 5.26 Å². The summed E-state index contributed by atoms with van der Waals surface area (Å²) in [7, 11) is -3.70. The summed E-state index contributed by atoms with van der Waals surface area (Å²) >= 11 is 0. The second kappa shape index (κ2) is 7.18. The van der Waals surface area contributed by atoms with Gasteiger partial charge in [-0.3, -0.25) is 0 Å². The minimum atomic E-state index is -3.70. The molecule has 0 radical (unpaired) electrons. The number of hydrogen-bond acceptors (Lipinski definition) is 5. The van der Waals surface area contributed by atoms with Gasteiger partial charge in [-0.25, -0.2) is 18.1 Å². The summed E-state index contributed by atoms with van der Waals surface area (Å²) in [6, 6.07) is 4.72. The van der Waals surface area contributed by atoms with E-state index in [9.17, 15) is 8.42 Å². The average Bonchev–Trinajstić information content (AvgIpc) is 2.46. The molecule has 1 atom stereocenters. The molecule has 2 N–H and O–H groups in total. The molecule has 1 unspecified atom stereocenters. The van der Waals surface area contributed by atoms with Crippen molar-refractivity contribution in [2.24, 2.45) is 5.41 Å². The Morgan fingerprint density at radius 1 is 1.57 bits per heavy atom. The van der Waals surface area contributed by atoms with E-state index in [1.165, 1.54) is 18.3 Å². The van der Waals surface area contributed by atoms with Gasteiger partial charge in [0, 0.05) is 19.3 Å². The van der Waals surface area contributed by atoms with E-state index < -0.39 is 10.0 Å². The highest BCUT2D eigenvalue weighted by atomic mass is 35.5. The summed E-state index contributed by atoms with van der Waals surface area (Å²) in [6.07, 6.45) is 3.42. The molecule has 0 spiro atoms. The maximum atomic E-state index is 12.3. The van der Waals surface area contributed by atoms with Crippen molar-refractivity contribution < 1.29 is 8.42 Å². The van der Waals surface area contributed by atoms with Crippen molar-refractivity contribution >= 4 is 22.4 Å². The summed E-state index contributed by atoms with van der Waals surface area (Å²) in [5, 5.41) is 12.2. The summed E-state index contributed by atoms with van der Waals surface area (Å²) in [6.45, 7) is 4.16. The molecule has 0 aromatic carbocycles. The van der Waals surface area contributed by atoms with Gasteiger partial charge in [0.1, 0.15) is 11.0 Å². The third-order valence-electron chi connectivity index (χ3n) is 3.54. The smallest absolute Gasteiger partial charge is 0.243 e. The number of piperidine rings is 1. The van der Waals surface area contributed by atoms with Crippen LogP contribution in [0, 0.1) is 16.7 Å². The topological polar surface area (TPSA) is 94.9 Å². The van der Waals surface area contributed by atoms with Gasteiger partial charge in [-0.1, -0.05) is 6.92 Å². The maximum absolute atomic E-state index is 12.3. The molecule has 2 heterocycles. The SMILES string of the molecule is CC1(CNS(=O)(=O)c2cccnc2C#N)CCCNC1.Cl. The number of aromatic nitrogens is 1. The van der Waals surface area contributed by atoms with E-state index in [4.69, 9.17) is 5.26 Å². The molecule has 0 bridgehead atoms. The Hall–Kier alpha value is -1.20. The van der Waals surface area contributed by atoms with E-state index in [-0.39, 0.29) is 28.4 Å². The van der Waals surface area contributed by atoms with Crippen molar-refractivity contribution in [3.8, 4) is 6.07 Å². The van der Waals surface area contributed by atoms with Crippen LogP contribution in [0.5, 0.6) is 0 Å². The van der Waals surface area contributed by atoms with Gasteiger partial charge in [-0.15, -0.1) is 12.4 Å². The molecule has 2 rings (SSSR count). The van der Waals surface area contributed by atoms with Crippen LogP contribution in [-0.4, -0.2) is 33.0 Å². The number of pyridine rings is 1. The van der Waals surface area contributed by atoms with Gasteiger partial charge in [0.15, 0.2) is 5.69 Å². The number of nitriles is 1. The molecule has 0 saturated carbocycles. The zero-order valence-corrected chi connectivity index (χ0v) is 13.4. The molecule has 0 amide bonds. The van der Waals surface area contributed by atoms with Crippen molar-refractivity contribution in [3.05, 3.63) is 24.0 Å². The van der Waals surface area contributed by atoms with Gasteiger partial charge in [0.05, 0.1) is 0 Å². The van der Waals surface area contributed by atoms with Gasteiger partial charge in [0.2, 0.25) is 10.0 Å². The van der Waals surface area contributed by atoms with Crippen LogP contribution in [-0.2, 0) is 10.0 Å². The number of rotatable bonds is 4. The second-order valence-electron chi connectivity index (χ2n) is 5.38. The fourth-order valence-corrected chi connectivity index (χ4v) is 3.61. The molecular weight excluding hydrogens is 312 g/mol. The van der Waals surface area contributed by atoms with Crippen LogP contribution in [0.15, 0.2) is 23.2 Å². The van der Waals surface area contributed by atoms with Crippen molar-refractivity contribution in [2.75, 3.05) is 19.6 Å². The van der Waals surface area contributed by atoms with Crippen LogP contribution in [0.1, 0.15) is 25.5 Å². The van der Waals surface area contributed by atoms with Gasteiger partial charge in [0.25, 0.3) is 0 Å². The molecule has 1 aliphatic rings. The van der Waals surface area contributed by atoms with Crippen molar-refractivity contribution in [2.45, 2.75) is 24.7 Å². The minimum Gasteiger partial charge on any atom is -0.316 e. The number of nitrogens with one attached hydrogen (secondary N) is 2. The van der Waals surface area contributed by atoms with Gasteiger partial charge >= 0.3 is 0 Å². The van der Waals surface area contributed by atoms with Crippen molar-refractivity contribution in [3.63, 3.8) is 0 Å². The maximum Gasteiger partial charge on any atom is 0.243 e. The van der Waals surface area contributed by atoms with Crippen molar-refractivity contribution in [1.82, 2.24) is 15.0 Å². The highest BCUT2D eigenvalue weighted by Crippen LogP contribution is 2.25. The summed E-state index contributed by atoms with van der Waals surface area (Å²) < 4.78 is 27.1. The normalized spacial score (nSPS) is 22.1. The van der Waals surface area contributed by atoms with Gasteiger partial charge in [-0.05, 0) is 36.9 Å². The van der Waals surface area contributed by atoms with Gasteiger partial charge < -0.3 is 5.32 Å². The predicted octanol–water partition coefficient (Wildman–Crippen LogP) is 1.04. The van der Waals surface area contributed by atoms with E-state index in [1.807, 2.05) is 0 Å². The Morgan fingerprint density at radius 3 is 2.95 bits per heavy atom. The Labute approximate surface area is 131 Å². The average molecular weight is 331 g/mol. The molecular formula is C13H19ClN4O2S. The highest BCUT2D eigenvalue weighted by Gasteiger charge is 2.29. The standard InChI is InChI=1S/C13H18N4O2S.ClH/c1-13(5-3-6-15-9-13)10-17-20(18,19)12-4-2-7-16-11(12)8-14;/h2,4,7,15,17H,3,5-6,9-10H2,1H3;1H. The number of nitrogens with zero attached hydrogens (tertiary/aromatic N) is 2. The lowest BCUT2D eigenvalue weighted by Crippen LogP contribution is -2.45. The molecule has 6 nitrogen and oxygen atoms in total. The largest absolute Gasteiger partial charge is 0.316 e. The molecule has 1 fully saturated rings. The molecule has 1 aromatic rings. The number of hydrogen-bond donors (Lipinski definition) is 2. The predicted molar refractivity (Wildman–Crippen MR) is 81.6 cm³/mol. The summed E-state index contributed by atoms with van der Waals surface area (Å²) in [5.74, 6) is 0. The Morgan fingerprint density at radius 2 is 2.33 bits per heavy atom. The molecule has 8 heteroatoms. The zero-order chi connectivity index (χ0) is 14.6. The van der Waals surface area contributed by atoms with E-state index in [1.54, 1.807) is 6.07 Å². The highest BCUT2D eigenvalue weighted by molar-refractivity contribution is 7.89. The fourth-order valence-electron chi connectivity index (χ4n) is 2.31. The minimum absolute atomic E-state index is 0. The first-order chi connectivity index (χ1) is 9.47. The number of halogens is 1. The third-order valence-corrected chi connectivity index (χ3v) is 4.97. The Kier molecular flexibility index (Phi) is 6.10. The van der Waals surface area contributed by atoms with E-state index >= 15 is 0 Å².